The summed E-state index contributed by atoms with van der Waals surface area (Å²) in [6.45, 7) is -1.48. The second-order valence-electron chi connectivity index (χ2n) is 9.76. The fourth-order valence-corrected chi connectivity index (χ4v) is 7.08. The van der Waals surface area contributed by atoms with Crippen LogP contribution < -0.4 is 11.3 Å². The van der Waals surface area contributed by atoms with Gasteiger partial charge in [0, 0.05) is 6.42 Å². The van der Waals surface area contributed by atoms with Gasteiger partial charge in [0.2, 0.25) is 0 Å². The number of rotatable bonds is 2. The van der Waals surface area contributed by atoms with Gasteiger partial charge in [0.15, 0.2) is 35.0 Å². The molecule has 0 aromatic carbocycles. The van der Waals surface area contributed by atoms with E-state index in [1.807, 2.05) is 0 Å². The van der Waals surface area contributed by atoms with Gasteiger partial charge in [-0.2, -0.15) is 0 Å². The summed E-state index contributed by atoms with van der Waals surface area (Å²) in [7, 11) is -9.87. The van der Waals surface area contributed by atoms with Gasteiger partial charge in [-0.05, 0) is 0 Å². The molecule has 2 unspecified atom stereocenters. The van der Waals surface area contributed by atoms with E-state index < -0.39 is 77.5 Å². The third-order valence-electron chi connectivity index (χ3n) is 7.11. The predicted molar refractivity (Wildman–Crippen MR) is 137 cm³/mol. The molecule has 43 heavy (non-hydrogen) atoms. The van der Waals surface area contributed by atoms with Crippen LogP contribution >= 0.6 is 15.6 Å². The molecule has 230 valence electrons. The number of phosphoric ester groups is 2. The van der Waals surface area contributed by atoms with E-state index in [4.69, 9.17) is 33.3 Å². The number of anilines is 1. The number of imidazole rings is 2. The van der Waals surface area contributed by atoms with Crippen LogP contribution in [0.1, 0.15) is 18.9 Å². The molecule has 3 aliphatic rings. The summed E-state index contributed by atoms with van der Waals surface area (Å²) in [5.74, 6) is 0.0241. The number of phosphoric acid groups is 2. The number of halogens is 1. The SMILES string of the molecule is Nc1ncnc2c1ncn2[C@@H]1O[C@@H]2COP(=O)(O)O[C@H]3C[C@H](n4cnc5c(=O)[nH]cnc54)O[C@@H]3COP(=O)(O)O[C@H]2[C@H]1F. The fraction of sp³-hybridized carbons (Fsp3) is 0.500. The van der Waals surface area contributed by atoms with Gasteiger partial charge in [0.1, 0.15) is 42.5 Å². The van der Waals surface area contributed by atoms with Crippen LogP contribution in [0.3, 0.4) is 0 Å². The molecule has 7 heterocycles. The third-order valence-corrected chi connectivity index (χ3v) is 9.11. The number of ether oxygens (including phenoxy) is 2. The van der Waals surface area contributed by atoms with Gasteiger partial charge in [-0.25, -0.2) is 38.4 Å². The Labute approximate surface area is 238 Å². The number of hydrogen-bond donors (Lipinski definition) is 4. The molecule has 9 atom stereocenters. The number of hydrogen-bond acceptors (Lipinski definition) is 15. The lowest BCUT2D eigenvalue weighted by Gasteiger charge is -2.27. The van der Waals surface area contributed by atoms with E-state index in [1.165, 1.54) is 21.8 Å². The number of nitrogens with zero attached hydrogens (tertiary/aromatic N) is 7. The zero-order chi connectivity index (χ0) is 30.1. The number of nitrogens with one attached hydrogen (secondary N) is 1. The molecule has 3 aliphatic heterocycles. The average Bonchev–Trinajstić information content (AvgIpc) is 3.72. The van der Waals surface area contributed by atoms with Gasteiger partial charge < -0.3 is 30.0 Å². The average molecular weight is 645 g/mol. The van der Waals surface area contributed by atoms with E-state index in [1.54, 1.807) is 0 Å². The molecular weight excluding hydrogens is 623 g/mol. The monoisotopic (exact) mass is 645 g/mol. The number of nitrogens with two attached hydrogens (primary N) is 1. The summed E-state index contributed by atoms with van der Waals surface area (Å²) in [6.07, 6.45) is -5.69. The van der Waals surface area contributed by atoms with Crippen molar-refractivity contribution < 1.29 is 50.9 Å². The molecule has 4 aromatic heterocycles. The Morgan fingerprint density at radius 1 is 0.907 bits per heavy atom. The standard InChI is InChI=1S/C20H22FN9O11P2/c21-12-15-10(39-20(12)30-7-27-13-16(22)23-4-24-17(13)30)3-37-42(32,33)40-8-1-11(38-9(8)2-36-43(34,35)41-15)29-6-28-14-18(29)25-5-26-19(14)31/h4-12,15,20H,1-3H2,(H,32,33)(H,34,35)(H2,22,23,24)(H,25,26,31)/t8-,9+,10+,11+,12+,15+,20+/m0/s1. The molecule has 0 bridgehead atoms. The second kappa shape index (κ2) is 10.4. The summed E-state index contributed by atoms with van der Waals surface area (Å²) in [6, 6.07) is 0. The van der Waals surface area contributed by atoms with Gasteiger partial charge >= 0.3 is 15.6 Å². The number of aromatic amines is 1. The molecule has 3 fully saturated rings. The first-order chi connectivity index (χ1) is 20.5. The molecule has 23 heteroatoms. The van der Waals surface area contributed by atoms with E-state index in [9.17, 15) is 23.7 Å². The van der Waals surface area contributed by atoms with Crippen LogP contribution in [-0.4, -0.2) is 92.6 Å². The van der Waals surface area contributed by atoms with Crippen molar-refractivity contribution in [1.82, 2.24) is 39.0 Å². The van der Waals surface area contributed by atoms with Crippen molar-refractivity contribution in [2.45, 2.75) is 49.5 Å². The lowest BCUT2D eigenvalue weighted by Crippen LogP contribution is -2.35. The Bertz CT molecular complexity index is 1850. The van der Waals surface area contributed by atoms with Gasteiger partial charge in [0.05, 0.1) is 32.2 Å². The molecule has 20 nitrogen and oxygen atoms in total. The van der Waals surface area contributed by atoms with Gasteiger partial charge in [-0.15, -0.1) is 0 Å². The Morgan fingerprint density at radius 3 is 2.42 bits per heavy atom. The number of aromatic nitrogens is 8. The molecule has 0 amide bonds. The van der Waals surface area contributed by atoms with Crippen molar-refractivity contribution in [3.63, 3.8) is 0 Å². The van der Waals surface area contributed by atoms with Gasteiger partial charge in [0.25, 0.3) is 5.56 Å². The number of H-pyrrole nitrogens is 1. The third kappa shape index (κ3) is 5.16. The minimum absolute atomic E-state index is 0.0174. The van der Waals surface area contributed by atoms with Crippen LogP contribution in [0.2, 0.25) is 0 Å². The van der Waals surface area contributed by atoms with Gasteiger partial charge in [-0.1, -0.05) is 0 Å². The second-order valence-corrected chi connectivity index (χ2v) is 12.6. The van der Waals surface area contributed by atoms with Gasteiger partial charge in [-0.3, -0.25) is 32.0 Å². The minimum Gasteiger partial charge on any atom is -0.382 e. The maximum Gasteiger partial charge on any atom is 0.472 e. The smallest absolute Gasteiger partial charge is 0.382 e. The number of fused-ring (bicyclic) bond motifs is 4. The molecule has 0 aliphatic carbocycles. The fourth-order valence-electron chi connectivity index (χ4n) is 5.16. The Kier molecular flexibility index (Phi) is 6.93. The number of alkyl halides is 1. The lowest BCUT2D eigenvalue weighted by atomic mass is 10.1. The topological polar surface area (TPSA) is 263 Å². The van der Waals surface area contributed by atoms with Crippen molar-refractivity contribution in [3.05, 3.63) is 35.7 Å². The van der Waals surface area contributed by atoms with Crippen molar-refractivity contribution in [3.8, 4) is 0 Å². The molecular formula is C20H22FN9O11P2. The van der Waals surface area contributed by atoms with E-state index >= 15 is 4.39 Å². The first kappa shape index (κ1) is 28.5. The highest BCUT2D eigenvalue weighted by atomic mass is 31.2. The summed E-state index contributed by atoms with van der Waals surface area (Å²) >= 11 is 0. The first-order valence-corrected chi connectivity index (χ1v) is 15.6. The molecule has 0 saturated carbocycles. The quantitative estimate of drug-likeness (QED) is 0.210. The van der Waals surface area contributed by atoms with Crippen molar-refractivity contribution in [1.29, 1.82) is 0 Å². The minimum atomic E-state index is -5.00. The Balaban J connectivity index is 1.15. The molecule has 3 saturated heterocycles. The zero-order valence-electron chi connectivity index (χ0n) is 21.5. The van der Waals surface area contributed by atoms with Crippen LogP contribution in [0.25, 0.3) is 22.3 Å². The van der Waals surface area contributed by atoms with E-state index in [0.717, 1.165) is 12.7 Å². The molecule has 5 N–H and O–H groups in total. The Hall–Kier alpha value is -3.23. The molecule has 4 aromatic rings. The molecule has 0 spiro atoms. The van der Waals surface area contributed by atoms with Crippen LogP contribution in [0, 0.1) is 0 Å². The lowest BCUT2D eigenvalue weighted by molar-refractivity contribution is -0.0661. The largest absolute Gasteiger partial charge is 0.472 e. The molecule has 0 radical (unpaired) electrons. The summed E-state index contributed by atoms with van der Waals surface area (Å²) in [5, 5.41) is 0. The van der Waals surface area contributed by atoms with Crippen LogP contribution in [0.5, 0.6) is 0 Å². The number of nitrogen functional groups attached to an aromatic ring is 1. The van der Waals surface area contributed by atoms with Crippen LogP contribution in [0.4, 0.5) is 10.2 Å². The maximum atomic E-state index is 15.8. The maximum absolute atomic E-state index is 15.8. The normalized spacial score (nSPS) is 37.1. The highest BCUT2D eigenvalue weighted by molar-refractivity contribution is 7.47. The van der Waals surface area contributed by atoms with Crippen molar-refractivity contribution in [2.75, 3.05) is 18.9 Å². The van der Waals surface area contributed by atoms with E-state index in [-0.39, 0.29) is 34.6 Å². The van der Waals surface area contributed by atoms with Crippen LogP contribution in [0.15, 0.2) is 30.1 Å². The predicted octanol–water partition coefficient (Wildman–Crippen LogP) is 0.0827. The molecule has 7 rings (SSSR count). The van der Waals surface area contributed by atoms with E-state index in [0.29, 0.717) is 0 Å². The summed E-state index contributed by atoms with van der Waals surface area (Å²) in [5.41, 5.74) is 5.72. The van der Waals surface area contributed by atoms with Crippen molar-refractivity contribution >= 4 is 43.8 Å². The van der Waals surface area contributed by atoms with Crippen molar-refractivity contribution in [2.24, 2.45) is 0 Å². The first-order valence-electron chi connectivity index (χ1n) is 12.6. The highest BCUT2D eigenvalue weighted by Gasteiger charge is 2.53. The van der Waals surface area contributed by atoms with E-state index in [2.05, 4.69) is 29.9 Å². The Morgan fingerprint density at radius 2 is 1.60 bits per heavy atom. The highest BCUT2D eigenvalue weighted by Crippen LogP contribution is 2.54. The zero-order valence-corrected chi connectivity index (χ0v) is 23.3. The van der Waals surface area contributed by atoms with Crippen LogP contribution in [-0.2, 0) is 36.7 Å². The summed E-state index contributed by atoms with van der Waals surface area (Å²) < 4.78 is 76.7. The summed E-state index contributed by atoms with van der Waals surface area (Å²) in [4.78, 5) is 55.5.